The number of carbonyl (C=O) groups is 2. The van der Waals surface area contributed by atoms with Crippen LogP contribution in [0.25, 0.3) is 0 Å². The molecule has 132 valence electrons. The first kappa shape index (κ1) is 17.1. The molecule has 2 atom stereocenters. The van der Waals surface area contributed by atoms with E-state index >= 15 is 0 Å². The molecule has 1 N–H and O–H groups in total. The van der Waals surface area contributed by atoms with Gasteiger partial charge in [0, 0.05) is 13.0 Å². The Hall–Kier alpha value is -2.76. The number of nitrogens with zero attached hydrogens (tertiary/aromatic N) is 1. The molecule has 0 aliphatic carbocycles. The van der Waals surface area contributed by atoms with Crippen molar-refractivity contribution in [3.63, 3.8) is 0 Å². The number of furan rings is 1. The lowest BCUT2D eigenvalue weighted by Gasteiger charge is -2.32. The van der Waals surface area contributed by atoms with Crippen molar-refractivity contribution in [1.29, 1.82) is 0 Å². The monoisotopic (exact) mass is 342 g/mol. The number of amides is 2. The van der Waals surface area contributed by atoms with Crippen LogP contribution in [-0.2, 0) is 9.59 Å². The number of hydrogen-bond donors (Lipinski definition) is 1. The second-order valence-corrected chi connectivity index (χ2v) is 6.21. The van der Waals surface area contributed by atoms with Gasteiger partial charge >= 0.3 is 0 Å². The molecule has 1 aromatic heterocycles. The molecule has 0 saturated heterocycles. The number of hydrogen-bond acceptors (Lipinski definition) is 4. The van der Waals surface area contributed by atoms with Gasteiger partial charge in [-0.25, -0.2) is 0 Å². The molecule has 0 saturated carbocycles. The standard InChI is InChI=1S/C19H22N2O4/c1-12-8-9-16(24-12)13(2)20-18(22)10-11-21-15-6-4-5-7-17(15)25-14(3)19(21)23/h4-9,13-14H,10-11H2,1-3H3,(H,20,22). The third kappa shape index (κ3) is 3.68. The number of rotatable bonds is 5. The molecule has 6 heteroatoms. The molecule has 0 radical (unpaired) electrons. The molecule has 0 bridgehead atoms. The Balaban J connectivity index is 1.62. The predicted octanol–water partition coefficient (Wildman–Crippen LogP) is 2.97. The summed E-state index contributed by atoms with van der Waals surface area (Å²) >= 11 is 0. The van der Waals surface area contributed by atoms with Crippen LogP contribution in [0.5, 0.6) is 5.75 Å². The number of fused-ring (bicyclic) bond motifs is 1. The maximum atomic E-state index is 12.4. The van der Waals surface area contributed by atoms with E-state index in [1.807, 2.05) is 50.2 Å². The second-order valence-electron chi connectivity index (χ2n) is 6.21. The van der Waals surface area contributed by atoms with Crippen molar-refractivity contribution in [2.75, 3.05) is 11.4 Å². The molecule has 2 heterocycles. The predicted molar refractivity (Wildman–Crippen MR) is 93.5 cm³/mol. The minimum absolute atomic E-state index is 0.133. The summed E-state index contributed by atoms with van der Waals surface area (Å²) in [5.41, 5.74) is 0.702. The summed E-state index contributed by atoms with van der Waals surface area (Å²) in [6.07, 6.45) is -0.348. The first-order valence-electron chi connectivity index (χ1n) is 8.38. The fraction of sp³-hybridized carbons (Fsp3) is 0.368. The van der Waals surface area contributed by atoms with Gasteiger partial charge < -0.3 is 19.4 Å². The highest BCUT2D eigenvalue weighted by Crippen LogP contribution is 2.33. The van der Waals surface area contributed by atoms with Gasteiger partial charge in [0.05, 0.1) is 11.7 Å². The van der Waals surface area contributed by atoms with Crippen LogP contribution < -0.4 is 15.0 Å². The smallest absolute Gasteiger partial charge is 0.267 e. The Morgan fingerprint density at radius 3 is 2.76 bits per heavy atom. The van der Waals surface area contributed by atoms with Gasteiger partial charge in [0.15, 0.2) is 6.10 Å². The topological polar surface area (TPSA) is 71.8 Å². The van der Waals surface area contributed by atoms with Crippen molar-refractivity contribution in [3.8, 4) is 5.75 Å². The highest BCUT2D eigenvalue weighted by atomic mass is 16.5. The lowest BCUT2D eigenvalue weighted by atomic mass is 10.1. The molecule has 6 nitrogen and oxygen atoms in total. The van der Waals surface area contributed by atoms with Crippen LogP contribution in [0.15, 0.2) is 40.8 Å². The Labute approximate surface area is 146 Å². The van der Waals surface area contributed by atoms with E-state index in [-0.39, 0.29) is 24.3 Å². The van der Waals surface area contributed by atoms with E-state index in [1.54, 1.807) is 11.8 Å². The van der Waals surface area contributed by atoms with Crippen molar-refractivity contribution >= 4 is 17.5 Å². The lowest BCUT2D eigenvalue weighted by Crippen LogP contribution is -2.45. The van der Waals surface area contributed by atoms with E-state index in [0.29, 0.717) is 23.7 Å². The number of aryl methyl sites for hydroxylation is 1. The molecule has 3 rings (SSSR count). The van der Waals surface area contributed by atoms with Crippen molar-refractivity contribution in [2.24, 2.45) is 0 Å². The molecule has 0 fully saturated rings. The highest BCUT2D eigenvalue weighted by molar-refractivity contribution is 6.00. The number of ether oxygens (including phenoxy) is 1. The number of anilines is 1. The van der Waals surface area contributed by atoms with Crippen LogP contribution in [0.4, 0.5) is 5.69 Å². The average Bonchev–Trinajstić information content (AvgIpc) is 3.02. The van der Waals surface area contributed by atoms with Gasteiger partial charge in [-0.05, 0) is 45.0 Å². The summed E-state index contributed by atoms with van der Waals surface area (Å²) in [5.74, 6) is 1.91. The van der Waals surface area contributed by atoms with Gasteiger partial charge in [-0.3, -0.25) is 9.59 Å². The average molecular weight is 342 g/mol. The summed E-state index contributed by atoms with van der Waals surface area (Å²) in [5, 5.41) is 2.90. The molecular formula is C19H22N2O4. The van der Waals surface area contributed by atoms with Gasteiger partial charge in [-0.15, -0.1) is 0 Å². The minimum Gasteiger partial charge on any atom is -0.479 e. The third-order valence-corrected chi connectivity index (χ3v) is 4.20. The van der Waals surface area contributed by atoms with Crippen LogP contribution in [-0.4, -0.2) is 24.5 Å². The summed E-state index contributed by atoms with van der Waals surface area (Å²) < 4.78 is 11.1. The highest BCUT2D eigenvalue weighted by Gasteiger charge is 2.31. The minimum atomic E-state index is -0.553. The van der Waals surface area contributed by atoms with Crippen LogP contribution in [0.1, 0.15) is 37.8 Å². The first-order valence-corrected chi connectivity index (χ1v) is 8.38. The molecule has 2 aromatic rings. The van der Waals surface area contributed by atoms with Gasteiger partial charge in [0.2, 0.25) is 5.91 Å². The van der Waals surface area contributed by atoms with Crippen molar-refractivity contribution < 1.29 is 18.7 Å². The van der Waals surface area contributed by atoms with Crippen LogP contribution >= 0.6 is 0 Å². The quantitative estimate of drug-likeness (QED) is 0.907. The van der Waals surface area contributed by atoms with Gasteiger partial charge in [0.25, 0.3) is 5.91 Å². The van der Waals surface area contributed by atoms with E-state index in [4.69, 9.17) is 9.15 Å². The number of carbonyl (C=O) groups excluding carboxylic acids is 2. The Morgan fingerprint density at radius 2 is 2.04 bits per heavy atom. The first-order chi connectivity index (χ1) is 12.0. The van der Waals surface area contributed by atoms with Crippen molar-refractivity contribution in [2.45, 2.75) is 39.3 Å². The molecule has 1 aliphatic heterocycles. The second kappa shape index (κ2) is 7.01. The van der Waals surface area contributed by atoms with Crippen LogP contribution in [0.3, 0.4) is 0 Å². The fourth-order valence-corrected chi connectivity index (χ4v) is 2.87. The van der Waals surface area contributed by atoms with E-state index in [0.717, 1.165) is 5.76 Å². The molecule has 1 aliphatic rings. The van der Waals surface area contributed by atoms with Crippen LogP contribution in [0.2, 0.25) is 0 Å². The number of benzene rings is 1. The lowest BCUT2D eigenvalue weighted by molar-refractivity contribution is -0.125. The Kier molecular flexibility index (Phi) is 4.79. The summed E-state index contributed by atoms with van der Waals surface area (Å²) in [6, 6.07) is 10.9. The molecule has 2 unspecified atom stereocenters. The summed E-state index contributed by atoms with van der Waals surface area (Å²) in [6.45, 7) is 5.75. The fourth-order valence-electron chi connectivity index (χ4n) is 2.87. The third-order valence-electron chi connectivity index (χ3n) is 4.20. The summed E-state index contributed by atoms with van der Waals surface area (Å²) in [4.78, 5) is 26.3. The number of para-hydroxylation sites is 2. The van der Waals surface area contributed by atoms with E-state index < -0.39 is 6.10 Å². The number of nitrogens with one attached hydrogen (secondary N) is 1. The largest absolute Gasteiger partial charge is 0.479 e. The molecule has 25 heavy (non-hydrogen) atoms. The zero-order valence-electron chi connectivity index (χ0n) is 14.6. The molecular weight excluding hydrogens is 320 g/mol. The van der Waals surface area contributed by atoms with E-state index in [2.05, 4.69) is 5.32 Å². The zero-order chi connectivity index (χ0) is 18.0. The van der Waals surface area contributed by atoms with E-state index in [9.17, 15) is 9.59 Å². The molecule has 0 spiro atoms. The van der Waals surface area contributed by atoms with Gasteiger partial charge in [-0.1, -0.05) is 12.1 Å². The van der Waals surface area contributed by atoms with Gasteiger partial charge in [0.1, 0.15) is 17.3 Å². The maximum Gasteiger partial charge on any atom is 0.267 e. The van der Waals surface area contributed by atoms with E-state index in [1.165, 1.54) is 0 Å². The maximum absolute atomic E-state index is 12.4. The Morgan fingerprint density at radius 1 is 1.28 bits per heavy atom. The summed E-state index contributed by atoms with van der Waals surface area (Å²) in [7, 11) is 0. The van der Waals surface area contributed by atoms with Gasteiger partial charge in [-0.2, -0.15) is 0 Å². The van der Waals surface area contributed by atoms with Crippen molar-refractivity contribution in [3.05, 3.63) is 47.9 Å². The normalized spacial score (nSPS) is 17.6. The Bertz CT molecular complexity index is 783. The molecule has 1 aromatic carbocycles. The zero-order valence-corrected chi connectivity index (χ0v) is 14.6. The SMILES string of the molecule is Cc1ccc(C(C)NC(=O)CCN2C(=O)C(C)Oc3ccccc32)o1. The van der Waals surface area contributed by atoms with Crippen molar-refractivity contribution in [1.82, 2.24) is 5.32 Å². The van der Waals surface area contributed by atoms with Crippen LogP contribution in [0, 0.1) is 6.92 Å². The molecule has 2 amide bonds.